The molecule has 2 aliphatic rings. The Morgan fingerprint density at radius 3 is 2.76 bits per heavy atom. The van der Waals surface area contributed by atoms with Gasteiger partial charge in [0.1, 0.15) is 6.10 Å². The van der Waals surface area contributed by atoms with E-state index >= 15 is 0 Å². The van der Waals surface area contributed by atoms with Gasteiger partial charge in [-0.15, -0.1) is 0 Å². The summed E-state index contributed by atoms with van der Waals surface area (Å²) in [6, 6.07) is 0. The van der Waals surface area contributed by atoms with Crippen molar-refractivity contribution < 1.29 is 14.3 Å². The highest BCUT2D eigenvalue weighted by atomic mass is 16.5. The Morgan fingerprint density at radius 1 is 1.16 bits per heavy atom. The number of amides is 1. The van der Waals surface area contributed by atoms with Crippen LogP contribution < -0.4 is 9.47 Å². The first kappa shape index (κ1) is 18.0. The Balaban J connectivity index is 1.47. The van der Waals surface area contributed by atoms with Crippen LogP contribution in [0.15, 0.2) is 12.4 Å². The average Bonchev–Trinajstić information content (AvgIpc) is 2.67. The number of aromatic nitrogens is 2. The third-order valence-corrected chi connectivity index (χ3v) is 5.31. The van der Waals surface area contributed by atoms with E-state index in [-0.39, 0.29) is 12.0 Å². The van der Waals surface area contributed by atoms with Crippen molar-refractivity contribution in [3.05, 3.63) is 12.4 Å². The zero-order chi connectivity index (χ0) is 17.5. The predicted molar refractivity (Wildman–Crippen MR) is 94.6 cm³/mol. The summed E-state index contributed by atoms with van der Waals surface area (Å²) < 4.78 is 11.0. The van der Waals surface area contributed by atoms with Gasteiger partial charge in [-0.25, -0.2) is 0 Å². The third kappa shape index (κ3) is 5.31. The fraction of sp³-hybridized carbons (Fsp3) is 0.737. The zero-order valence-electron chi connectivity index (χ0n) is 15.2. The number of ether oxygens (including phenoxy) is 2. The number of hydrogen-bond donors (Lipinski definition) is 0. The van der Waals surface area contributed by atoms with Gasteiger partial charge < -0.3 is 14.4 Å². The maximum absolute atomic E-state index is 12.6. The van der Waals surface area contributed by atoms with E-state index in [1.165, 1.54) is 32.1 Å². The lowest BCUT2D eigenvalue weighted by Crippen LogP contribution is -2.44. The molecule has 1 aromatic rings. The Hall–Kier alpha value is -1.85. The van der Waals surface area contributed by atoms with Crippen molar-refractivity contribution in [2.75, 3.05) is 20.2 Å². The van der Waals surface area contributed by atoms with Crippen LogP contribution in [0.2, 0.25) is 0 Å². The molecule has 1 saturated heterocycles. The Bertz CT molecular complexity index is 561. The Morgan fingerprint density at radius 2 is 1.96 bits per heavy atom. The first-order valence-corrected chi connectivity index (χ1v) is 9.55. The fourth-order valence-electron chi connectivity index (χ4n) is 3.88. The van der Waals surface area contributed by atoms with E-state index in [1.807, 2.05) is 4.90 Å². The van der Waals surface area contributed by atoms with Crippen LogP contribution in [0.25, 0.3) is 0 Å². The molecule has 1 aliphatic heterocycles. The molecule has 0 spiro atoms. The second kappa shape index (κ2) is 9.02. The van der Waals surface area contributed by atoms with Crippen molar-refractivity contribution in [2.45, 2.75) is 63.9 Å². The fourth-order valence-corrected chi connectivity index (χ4v) is 3.88. The van der Waals surface area contributed by atoms with Gasteiger partial charge >= 0.3 is 0 Å². The first-order chi connectivity index (χ1) is 12.2. The Kier molecular flexibility index (Phi) is 6.48. The SMILES string of the molecule is COc1cncc(OC2CCCN(C(=O)CCC3CCCCC3)C2)n1. The number of hydrogen-bond acceptors (Lipinski definition) is 5. The minimum atomic E-state index is -0.0196. The number of methoxy groups -OCH3 is 1. The highest BCUT2D eigenvalue weighted by Crippen LogP contribution is 2.28. The van der Waals surface area contributed by atoms with E-state index in [4.69, 9.17) is 9.47 Å². The number of rotatable bonds is 6. The number of piperidine rings is 1. The van der Waals surface area contributed by atoms with E-state index in [0.29, 0.717) is 24.7 Å². The van der Waals surface area contributed by atoms with Crippen LogP contribution in [0.5, 0.6) is 11.8 Å². The molecule has 0 radical (unpaired) electrons. The monoisotopic (exact) mass is 347 g/mol. The summed E-state index contributed by atoms with van der Waals surface area (Å²) in [6.07, 6.45) is 13.4. The molecule has 1 atom stereocenters. The highest BCUT2D eigenvalue weighted by molar-refractivity contribution is 5.76. The highest BCUT2D eigenvalue weighted by Gasteiger charge is 2.26. The topological polar surface area (TPSA) is 64.6 Å². The van der Waals surface area contributed by atoms with Gasteiger partial charge in [0.25, 0.3) is 0 Å². The van der Waals surface area contributed by atoms with Crippen molar-refractivity contribution >= 4 is 5.91 Å². The van der Waals surface area contributed by atoms with Crippen molar-refractivity contribution in [1.82, 2.24) is 14.9 Å². The van der Waals surface area contributed by atoms with Crippen molar-refractivity contribution in [3.63, 3.8) is 0 Å². The minimum absolute atomic E-state index is 0.0196. The molecule has 1 unspecified atom stereocenters. The number of carbonyl (C=O) groups is 1. The van der Waals surface area contributed by atoms with E-state index in [2.05, 4.69) is 9.97 Å². The quantitative estimate of drug-likeness (QED) is 0.790. The summed E-state index contributed by atoms with van der Waals surface area (Å²) in [7, 11) is 1.56. The average molecular weight is 347 g/mol. The summed E-state index contributed by atoms with van der Waals surface area (Å²) in [4.78, 5) is 22.8. The molecule has 1 aromatic heterocycles. The normalized spacial score (nSPS) is 21.8. The number of nitrogens with zero attached hydrogens (tertiary/aromatic N) is 3. The molecule has 6 nitrogen and oxygen atoms in total. The maximum Gasteiger partial charge on any atom is 0.235 e. The van der Waals surface area contributed by atoms with Crippen LogP contribution in [0.3, 0.4) is 0 Å². The summed E-state index contributed by atoms with van der Waals surface area (Å²) in [5.41, 5.74) is 0. The lowest BCUT2D eigenvalue weighted by Gasteiger charge is -2.33. The van der Waals surface area contributed by atoms with Crippen LogP contribution in [-0.4, -0.2) is 47.1 Å². The molecule has 2 heterocycles. The van der Waals surface area contributed by atoms with Gasteiger partial charge in [-0.05, 0) is 25.2 Å². The van der Waals surface area contributed by atoms with Gasteiger partial charge in [0.15, 0.2) is 0 Å². The molecule has 0 bridgehead atoms. The molecular formula is C19H29N3O3. The molecule has 1 amide bonds. The summed E-state index contributed by atoms with van der Waals surface area (Å²) in [5, 5.41) is 0. The molecular weight excluding hydrogens is 318 g/mol. The van der Waals surface area contributed by atoms with Crippen LogP contribution in [0.1, 0.15) is 57.8 Å². The minimum Gasteiger partial charge on any atom is -0.480 e. The van der Waals surface area contributed by atoms with Gasteiger partial charge in [-0.3, -0.25) is 9.78 Å². The second-order valence-corrected chi connectivity index (χ2v) is 7.16. The van der Waals surface area contributed by atoms with E-state index < -0.39 is 0 Å². The number of carbonyl (C=O) groups excluding carboxylic acids is 1. The molecule has 2 fully saturated rings. The molecule has 0 N–H and O–H groups in total. The van der Waals surface area contributed by atoms with Crippen molar-refractivity contribution in [2.24, 2.45) is 5.92 Å². The van der Waals surface area contributed by atoms with Crippen molar-refractivity contribution in [1.29, 1.82) is 0 Å². The van der Waals surface area contributed by atoms with Crippen molar-refractivity contribution in [3.8, 4) is 11.8 Å². The van der Waals surface area contributed by atoms with Gasteiger partial charge in [0, 0.05) is 13.0 Å². The summed E-state index contributed by atoms with van der Waals surface area (Å²) in [6.45, 7) is 1.48. The molecule has 1 saturated carbocycles. The first-order valence-electron chi connectivity index (χ1n) is 9.55. The third-order valence-electron chi connectivity index (χ3n) is 5.31. The Labute approximate surface area is 149 Å². The lowest BCUT2D eigenvalue weighted by atomic mass is 9.86. The van der Waals surface area contributed by atoms with Crippen LogP contribution >= 0.6 is 0 Å². The molecule has 1 aliphatic carbocycles. The second-order valence-electron chi connectivity index (χ2n) is 7.16. The smallest absolute Gasteiger partial charge is 0.235 e. The molecule has 6 heteroatoms. The van der Waals surface area contributed by atoms with Gasteiger partial charge in [0.2, 0.25) is 17.7 Å². The van der Waals surface area contributed by atoms with Gasteiger partial charge in [0.05, 0.1) is 26.0 Å². The standard InChI is InChI=1S/C19H29N3O3/c1-24-17-12-20-13-18(21-17)25-16-8-5-11-22(14-16)19(23)10-9-15-6-3-2-4-7-15/h12-13,15-16H,2-11,14H2,1H3. The lowest BCUT2D eigenvalue weighted by molar-refractivity contribution is -0.134. The molecule has 3 rings (SSSR count). The molecule has 0 aromatic carbocycles. The summed E-state index contributed by atoms with van der Waals surface area (Å²) in [5.74, 6) is 1.92. The molecule has 138 valence electrons. The molecule has 25 heavy (non-hydrogen) atoms. The maximum atomic E-state index is 12.6. The van der Waals surface area contributed by atoms with Gasteiger partial charge in [-0.2, -0.15) is 4.98 Å². The van der Waals surface area contributed by atoms with Gasteiger partial charge in [-0.1, -0.05) is 32.1 Å². The number of likely N-dealkylation sites (tertiary alicyclic amines) is 1. The van der Waals surface area contributed by atoms with E-state index in [1.54, 1.807) is 19.5 Å². The summed E-state index contributed by atoms with van der Waals surface area (Å²) >= 11 is 0. The van der Waals surface area contributed by atoms with E-state index in [0.717, 1.165) is 31.7 Å². The zero-order valence-corrected chi connectivity index (χ0v) is 15.2. The predicted octanol–water partition coefficient (Wildman–Crippen LogP) is 3.22. The van der Waals surface area contributed by atoms with Crippen LogP contribution in [-0.2, 0) is 4.79 Å². The largest absolute Gasteiger partial charge is 0.480 e. The van der Waals surface area contributed by atoms with Crippen LogP contribution in [0, 0.1) is 5.92 Å². The van der Waals surface area contributed by atoms with Crippen LogP contribution in [0.4, 0.5) is 0 Å². The van der Waals surface area contributed by atoms with E-state index in [9.17, 15) is 4.79 Å².